The van der Waals surface area contributed by atoms with Crippen LogP contribution in [0.3, 0.4) is 0 Å². The largest absolute Gasteiger partial charge is 0.326 e. The van der Waals surface area contributed by atoms with Crippen molar-refractivity contribution >= 4 is 11.6 Å². The maximum Gasteiger partial charge on any atom is 0.247 e. The SMILES string of the molecule is CCc1nccn1C(C)C(=O)Nc1ccc(CN)cc1. The van der Waals surface area contributed by atoms with E-state index in [2.05, 4.69) is 10.3 Å². The molecule has 1 aromatic carbocycles. The molecule has 1 amide bonds. The van der Waals surface area contributed by atoms with Gasteiger partial charge in [-0.2, -0.15) is 0 Å². The van der Waals surface area contributed by atoms with Crippen molar-refractivity contribution in [1.29, 1.82) is 0 Å². The van der Waals surface area contributed by atoms with Gasteiger partial charge in [-0.15, -0.1) is 0 Å². The van der Waals surface area contributed by atoms with E-state index in [0.29, 0.717) is 6.54 Å². The molecule has 0 saturated carbocycles. The number of amides is 1. The monoisotopic (exact) mass is 272 g/mol. The van der Waals surface area contributed by atoms with Gasteiger partial charge < -0.3 is 15.6 Å². The summed E-state index contributed by atoms with van der Waals surface area (Å²) in [6.07, 6.45) is 4.36. The lowest BCUT2D eigenvalue weighted by Crippen LogP contribution is -2.24. The summed E-state index contributed by atoms with van der Waals surface area (Å²) in [5.74, 6) is 0.851. The minimum absolute atomic E-state index is 0.0572. The van der Waals surface area contributed by atoms with Crippen LogP contribution in [0.4, 0.5) is 5.69 Å². The van der Waals surface area contributed by atoms with Gasteiger partial charge in [0, 0.05) is 31.0 Å². The van der Waals surface area contributed by atoms with Crippen molar-refractivity contribution in [1.82, 2.24) is 9.55 Å². The maximum absolute atomic E-state index is 12.2. The molecule has 0 fully saturated rings. The van der Waals surface area contributed by atoms with E-state index in [1.54, 1.807) is 6.20 Å². The molecule has 5 heteroatoms. The predicted octanol–water partition coefficient (Wildman–Crippen LogP) is 2.10. The van der Waals surface area contributed by atoms with Crippen molar-refractivity contribution in [2.75, 3.05) is 5.32 Å². The van der Waals surface area contributed by atoms with Crippen molar-refractivity contribution in [3.05, 3.63) is 48.0 Å². The van der Waals surface area contributed by atoms with Crippen LogP contribution in [-0.4, -0.2) is 15.5 Å². The third-order valence-electron chi connectivity index (χ3n) is 3.32. The average molecular weight is 272 g/mol. The number of hydrogen-bond acceptors (Lipinski definition) is 3. The molecule has 0 radical (unpaired) electrons. The van der Waals surface area contributed by atoms with Crippen LogP contribution < -0.4 is 11.1 Å². The van der Waals surface area contributed by atoms with Crippen molar-refractivity contribution in [2.45, 2.75) is 32.9 Å². The molecule has 1 atom stereocenters. The first-order chi connectivity index (χ1) is 9.65. The van der Waals surface area contributed by atoms with Crippen molar-refractivity contribution in [3.63, 3.8) is 0 Å². The fourth-order valence-electron chi connectivity index (χ4n) is 2.07. The van der Waals surface area contributed by atoms with Crippen LogP contribution in [0.15, 0.2) is 36.7 Å². The third kappa shape index (κ3) is 3.05. The van der Waals surface area contributed by atoms with E-state index in [1.807, 2.05) is 48.9 Å². The third-order valence-corrected chi connectivity index (χ3v) is 3.32. The summed E-state index contributed by atoms with van der Waals surface area (Å²) in [4.78, 5) is 16.5. The number of aromatic nitrogens is 2. The number of anilines is 1. The topological polar surface area (TPSA) is 72.9 Å². The number of carbonyl (C=O) groups is 1. The zero-order chi connectivity index (χ0) is 14.5. The van der Waals surface area contributed by atoms with E-state index >= 15 is 0 Å². The molecular weight excluding hydrogens is 252 g/mol. The molecule has 20 heavy (non-hydrogen) atoms. The van der Waals surface area contributed by atoms with E-state index in [4.69, 9.17) is 5.73 Å². The Hall–Kier alpha value is -2.14. The lowest BCUT2D eigenvalue weighted by atomic mass is 10.2. The van der Waals surface area contributed by atoms with E-state index < -0.39 is 0 Å². The van der Waals surface area contributed by atoms with Crippen LogP contribution >= 0.6 is 0 Å². The molecule has 5 nitrogen and oxygen atoms in total. The number of nitrogens with one attached hydrogen (secondary N) is 1. The fourth-order valence-corrected chi connectivity index (χ4v) is 2.07. The number of benzene rings is 1. The number of aryl methyl sites for hydroxylation is 1. The summed E-state index contributed by atoms with van der Waals surface area (Å²) in [6.45, 7) is 4.39. The summed E-state index contributed by atoms with van der Waals surface area (Å²) in [5, 5.41) is 2.90. The molecule has 0 aliphatic heterocycles. The second-order valence-electron chi connectivity index (χ2n) is 4.67. The molecule has 1 heterocycles. The van der Waals surface area contributed by atoms with Gasteiger partial charge in [-0.1, -0.05) is 19.1 Å². The van der Waals surface area contributed by atoms with E-state index in [0.717, 1.165) is 23.5 Å². The molecule has 1 aromatic heterocycles. The van der Waals surface area contributed by atoms with Crippen LogP contribution in [0.25, 0.3) is 0 Å². The highest BCUT2D eigenvalue weighted by atomic mass is 16.2. The maximum atomic E-state index is 12.2. The molecule has 3 N–H and O–H groups in total. The minimum Gasteiger partial charge on any atom is -0.326 e. The molecule has 0 spiro atoms. The van der Waals surface area contributed by atoms with Gasteiger partial charge in [0.25, 0.3) is 0 Å². The highest BCUT2D eigenvalue weighted by Gasteiger charge is 2.17. The number of nitrogens with zero attached hydrogens (tertiary/aromatic N) is 2. The second-order valence-corrected chi connectivity index (χ2v) is 4.67. The number of rotatable bonds is 5. The zero-order valence-corrected chi connectivity index (χ0v) is 11.8. The van der Waals surface area contributed by atoms with E-state index in [1.165, 1.54) is 0 Å². The lowest BCUT2D eigenvalue weighted by molar-refractivity contribution is -0.118. The van der Waals surface area contributed by atoms with Gasteiger partial charge in [0.2, 0.25) is 5.91 Å². The number of carbonyl (C=O) groups excluding carboxylic acids is 1. The van der Waals surface area contributed by atoms with E-state index in [-0.39, 0.29) is 11.9 Å². The van der Waals surface area contributed by atoms with Crippen LogP contribution in [0.2, 0.25) is 0 Å². The summed E-state index contributed by atoms with van der Waals surface area (Å²) < 4.78 is 1.89. The summed E-state index contributed by atoms with van der Waals surface area (Å²) in [7, 11) is 0. The normalized spacial score (nSPS) is 12.2. The molecule has 0 bridgehead atoms. The van der Waals surface area contributed by atoms with Crippen LogP contribution in [0, 0.1) is 0 Å². The van der Waals surface area contributed by atoms with Gasteiger partial charge in [-0.3, -0.25) is 4.79 Å². The Morgan fingerprint density at radius 2 is 2.10 bits per heavy atom. The second kappa shape index (κ2) is 6.34. The number of hydrogen-bond donors (Lipinski definition) is 2. The minimum atomic E-state index is -0.290. The smallest absolute Gasteiger partial charge is 0.247 e. The number of nitrogens with two attached hydrogens (primary N) is 1. The zero-order valence-electron chi connectivity index (χ0n) is 11.8. The van der Waals surface area contributed by atoms with Crippen molar-refractivity contribution in [2.24, 2.45) is 5.73 Å². The summed E-state index contributed by atoms with van der Waals surface area (Å²) >= 11 is 0. The Labute approximate surface area is 118 Å². The first kappa shape index (κ1) is 14.3. The Morgan fingerprint density at radius 1 is 1.40 bits per heavy atom. The highest BCUT2D eigenvalue weighted by Crippen LogP contribution is 2.14. The first-order valence-electron chi connectivity index (χ1n) is 6.77. The Balaban J connectivity index is 2.07. The summed E-state index contributed by atoms with van der Waals surface area (Å²) in [6, 6.07) is 7.26. The molecule has 2 aromatic rings. The molecular formula is C15H20N4O. The standard InChI is InChI=1S/C15H20N4O/c1-3-14-17-8-9-19(14)11(2)15(20)18-13-6-4-12(10-16)5-7-13/h4-9,11H,3,10,16H2,1-2H3,(H,18,20). The predicted molar refractivity (Wildman–Crippen MR) is 79.3 cm³/mol. The van der Waals surface area contributed by atoms with Gasteiger partial charge in [-0.25, -0.2) is 4.98 Å². The highest BCUT2D eigenvalue weighted by molar-refractivity contribution is 5.93. The molecule has 2 rings (SSSR count). The van der Waals surface area contributed by atoms with Crippen LogP contribution in [0.1, 0.15) is 31.3 Å². The molecule has 0 aliphatic rings. The molecule has 1 unspecified atom stereocenters. The Morgan fingerprint density at radius 3 is 2.70 bits per heavy atom. The molecule has 0 aliphatic carbocycles. The van der Waals surface area contributed by atoms with Gasteiger partial charge >= 0.3 is 0 Å². The quantitative estimate of drug-likeness (QED) is 0.875. The summed E-state index contributed by atoms with van der Waals surface area (Å²) in [5.41, 5.74) is 7.36. The number of imidazole rings is 1. The van der Waals surface area contributed by atoms with Gasteiger partial charge in [-0.05, 0) is 24.6 Å². The molecule has 0 saturated heterocycles. The van der Waals surface area contributed by atoms with Crippen molar-refractivity contribution in [3.8, 4) is 0 Å². The Kier molecular flexibility index (Phi) is 4.53. The van der Waals surface area contributed by atoms with Gasteiger partial charge in [0.15, 0.2) is 0 Å². The lowest BCUT2D eigenvalue weighted by Gasteiger charge is -2.16. The average Bonchev–Trinajstić information content (AvgIpc) is 2.95. The van der Waals surface area contributed by atoms with Gasteiger partial charge in [0.05, 0.1) is 0 Å². The van der Waals surface area contributed by atoms with E-state index in [9.17, 15) is 4.79 Å². The van der Waals surface area contributed by atoms with Crippen LogP contribution in [0.5, 0.6) is 0 Å². The Bertz CT molecular complexity index is 574. The van der Waals surface area contributed by atoms with Gasteiger partial charge in [0.1, 0.15) is 11.9 Å². The van der Waals surface area contributed by atoms with Crippen molar-refractivity contribution < 1.29 is 4.79 Å². The molecule has 106 valence electrons. The van der Waals surface area contributed by atoms with Crippen LogP contribution in [-0.2, 0) is 17.8 Å². The fraction of sp³-hybridized carbons (Fsp3) is 0.333. The first-order valence-corrected chi connectivity index (χ1v) is 6.77.